The van der Waals surface area contributed by atoms with Gasteiger partial charge < -0.3 is 5.11 Å². The molecule has 1 unspecified atom stereocenters. The van der Waals surface area contributed by atoms with E-state index < -0.39 is 19.1 Å². The second-order valence-electron chi connectivity index (χ2n) is 4.32. The van der Waals surface area contributed by atoms with Crippen molar-refractivity contribution in [2.75, 3.05) is 6.61 Å². The molecule has 0 saturated heterocycles. The van der Waals surface area contributed by atoms with Crippen LogP contribution in [0.4, 0.5) is 13.2 Å². The Morgan fingerprint density at radius 3 is 2.07 bits per heavy atom. The molecule has 0 rings (SSSR count). The molecule has 0 amide bonds. The normalized spacial score (nSPS) is 15.6. The molecule has 1 N–H and O–H groups in total. The fraction of sp³-hybridized carbons (Fsp3) is 1.00. The number of aliphatic hydroxyl groups is 1. The monoisotopic (exact) mass is 214 g/mol. The summed E-state index contributed by atoms with van der Waals surface area (Å²) in [6.07, 6.45) is -4.64. The quantitative estimate of drug-likeness (QED) is 0.729. The van der Waals surface area contributed by atoms with Crippen LogP contribution in [0.25, 0.3) is 0 Å². The Morgan fingerprint density at radius 2 is 1.71 bits per heavy atom. The maximum atomic E-state index is 11.5. The molecule has 0 fully saturated rings. The van der Waals surface area contributed by atoms with Crippen molar-refractivity contribution in [3.8, 4) is 0 Å². The highest BCUT2D eigenvalue weighted by atomic mass is 19.4. The number of alkyl halides is 3. The van der Waals surface area contributed by atoms with E-state index in [0.29, 0.717) is 6.42 Å². The van der Waals surface area contributed by atoms with E-state index in [2.05, 4.69) is 4.74 Å². The molecule has 0 bridgehead atoms. The molecule has 0 aliphatic carbocycles. The topological polar surface area (TPSA) is 29.5 Å². The van der Waals surface area contributed by atoms with Crippen molar-refractivity contribution in [3.05, 3.63) is 0 Å². The second-order valence-corrected chi connectivity index (χ2v) is 4.32. The largest absolute Gasteiger partial charge is 0.522 e. The van der Waals surface area contributed by atoms with Gasteiger partial charge in [0.2, 0.25) is 0 Å². The number of rotatable bonds is 4. The van der Waals surface area contributed by atoms with Crippen LogP contribution in [-0.4, -0.2) is 24.2 Å². The Balaban J connectivity index is 3.56. The maximum Gasteiger partial charge on any atom is 0.522 e. The van der Waals surface area contributed by atoms with Gasteiger partial charge in [0.15, 0.2) is 0 Å². The van der Waals surface area contributed by atoms with E-state index in [9.17, 15) is 18.3 Å². The van der Waals surface area contributed by atoms with Crippen molar-refractivity contribution < 1.29 is 23.0 Å². The lowest BCUT2D eigenvalue weighted by Gasteiger charge is -2.25. The van der Waals surface area contributed by atoms with E-state index in [0.717, 1.165) is 0 Å². The lowest BCUT2D eigenvalue weighted by atomic mass is 9.87. The Labute approximate surface area is 82.1 Å². The Hall–Kier alpha value is -0.290. The molecule has 14 heavy (non-hydrogen) atoms. The summed E-state index contributed by atoms with van der Waals surface area (Å²) in [7, 11) is 0. The fourth-order valence-electron chi connectivity index (χ4n) is 0.898. The van der Waals surface area contributed by atoms with Crippen LogP contribution >= 0.6 is 0 Å². The molecular formula is C9H17F3O2. The van der Waals surface area contributed by atoms with Crippen molar-refractivity contribution in [2.45, 2.75) is 46.1 Å². The Morgan fingerprint density at radius 1 is 1.21 bits per heavy atom. The molecule has 0 aromatic heterocycles. The van der Waals surface area contributed by atoms with Gasteiger partial charge >= 0.3 is 6.36 Å². The number of aliphatic hydroxyl groups excluding tert-OH is 1. The molecule has 0 aliphatic rings. The molecule has 0 aromatic rings. The number of halogens is 3. The SMILES string of the molecule is CC(C)(C)C(O)CCCOC(F)(F)F. The zero-order chi connectivity index (χ0) is 11.4. The molecule has 86 valence electrons. The van der Waals surface area contributed by atoms with Gasteiger partial charge in [0.25, 0.3) is 0 Å². The zero-order valence-electron chi connectivity index (χ0n) is 8.69. The van der Waals surface area contributed by atoms with Gasteiger partial charge in [-0.3, -0.25) is 4.74 Å². The summed E-state index contributed by atoms with van der Waals surface area (Å²) in [5.41, 5.74) is -0.293. The smallest absolute Gasteiger partial charge is 0.393 e. The highest BCUT2D eigenvalue weighted by molar-refractivity contribution is 4.72. The van der Waals surface area contributed by atoms with Gasteiger partial charge in [0, 0.05) is 0 Å². The number of hydrogen-bond donors (Lipinski definition) is 1. The van der Waals surface area contributed by atoms with Gasteiger partial charge in [-0.05, 0) is 18.3 Å². The Bertz CT molecular complexity index is 160. The highest BCUT2D eigenvalue weighted by Gasteiger charge is 2.29. The summed E-state index contributed by atoms with van der Waals surface area (Å²) in [6, 6.07) is 0. The molecule has 2 nitrogen and oxygen atoms in total. The lowest BCUT2D eigenvalue weighted by Crippen LogP contribution is -2.26. The predicted octanol–water partition coefficient (Wildman–Crippen LogP) is 2.71. The predicted molar refractivity (Wildman–Crippen MR) is 46.7 cm³/mol. The van der Waals surface area contributed by atoms with E-state index in [1.807, 2.05) is 20.8 Å². The van der Waals surface area contributed by atoms with Gasteiger partial charge in [-0.1, -0.05) is 20.8 Å². The third-order valence-electron chi connectivity index (χ3n) is 1.89. The summed E-state index contributed by atoms with van der Waals surface area (Å²) >= 11 is 0. The summed E-state index contributed by atoms with van der Waals surface area (Å²) in [5, 5.41) is 9.48. The van der Waals surface area contributed by atoms with Gasteiger partial charge in [-0.15, -0.1) is 13.2 Å². The summed E-state index contributed by atoms with van der Waals surface area (Å²) in [5.74, 6) is 0. The van der Waals surface area contributed by atoms with Crippen molar-refractivity contribution >= 4 is 0 Å². The number of hydrogen-bond acceptors (Lipinski definition) is 2. The fourth-order valence-corrected chi connectivity index (χ4v) is 0.898. The van der Waals surface area contributed by atoms with Crippen LogP contribution in [0.15, 0.2) is 0 Å². The summed E-state index contributed by atoms with van der Waals surface area (Å²) in [4.78, 5) is 0. The zero-order valence-corrected chi connectivity index (χ0v) is 8.69. The second kappa shape index (κ2) is 4.98. The summed E-state index contributed by atoms with van der Waals surface area (Å²) in [6.45, 7) is 5.11. The molecule has 5 heteroatoms. The van der Waals surface area contributed by atoms with Crippen molar-refractivity contribution in [1.29, 1.82) is 0 Å². The van der Waals surface area contributed by atoms with Crippen LogP contribution in [-0.2, 0) is 4.74 Å². The standard InChI is InChI=1S/C9H17F3O2/c1-8(2,3)7(13)5-4-6-14-9(10,11)12/h7,13H,4-6H2,1-3H3. The van der Waals surface area contributed by atoms with Crippen LogP contribution in [0.1, 0.15) is 33.6 Å². The van der Waals surface area contributed by atoms with Gasteiger partial charge in [-0.2, -0.15) is 0 Å². The average Bonchev–Trinajstić information content (AvgIpc) is 1.93. The summed E-state index contributed by atoms with van der Waals surface area (Å²) < 4.78 is 38.2. The van der Waals surface area contributed by atoms with Gasteiger partial charge in [0.05, 0.1) is 12.7 Å². The molecule has 0 aromatic carbocycles. The van der Waals surface area contributed by atoms with E-state index in [-0.39, 0.29) is 11.8 Å². The molecule has 1 atom stereocenters. The van der Waals surface area contributed by atoms with Crippen molar-refractivity contribution in [2.24, 2.45) is 5.41 Å². The first-order valence-electron chi connectivity index (χ1n) is 4.51. The minimum atomic E-state index is -4.56. The minimum absolute atomic E-state index is 0.206. The molecular weight excluding hydrogens is 197 g/mol. The minimum Gasteiger partial charge on any atom is -0.393 e. The van der Waals surface area contributed by atoms with Crippen molar-refractivity contribution in [1.82, 2.24) is 0 Å². The van der Waals surface area contributed by atoms with Crippen LogP contribution < -0.4 is 0 Å². The van der Waals surface area contributed by atoms with Crippen LogP contribution in [0.3, 0.4) is 0 Å². The van der Waals surface area contributed by atoms with E-state index in [1.54, 1.807) is 0 Å². The first-order valence-corrected chi connectivity index (χ1v) is 4.51. The van der Waals surface area contributed by atoms with Gasteiger partial charge in [-0.25, -0.2) is 0 Å². The highest BCUT2D eigenvalue weighted by Crippen LogP contribution is 2.23. The van der Waals surface area contributed by atoms with E-state index in [4.69, 9.17) is 0 Å². The van der Waals surface area contributed by atoms with Crippen LogP contribution in [0.5, 0.6) is 0 Å². The van der Waals surface area contributed by atoms with Crippen LogP contribution in [0.2, 0.25) is 0 Å². The van der Waals surface area contributed by atoms with Crippen LogP contribution in [0, 0.1) is 5.41 Å². The van der Waals surface area contributed by atoms with Crippen molar-refractivity contribution in [3.63, 3.8) is 0 Å². The molecule has 0 heterocycles. The third kappa shape index (κ3) is 7.15. The number of ether oxygens (including phenoxy) is 1. The van der Waals surface area contributed by atoms with E-state index >= 15 is 0 Å². The maximum absolute atomic E-state index is 11.5. The van der Waals surface area contributed by atoms with E-state index in [1.165, 1.54) is 0 Å². The lowest BCUT2D eigenvalue weighted by molar-refractivity contribution is -0.325. The third-order valence-corrected chi connectivity index (χ3v) is 1.89. The first-order chi connectivity index (χ1) is 6.13. The molecule has 0 aliphatic heterocycles. The van der Waals surface area contributed by atoms with Gasteiger partial charge in [0.1, 0.15) is 0 Å². The Kier molecular flexibility index (Phi) is 4.88. The molecule has 0 spiro atoms. The average molecular weight is 214 g/mol. The first kappa shape index (κ1) is 13.7. The molecule has 0 radical (unpaired) electrons. The molecule has 0 saturated carbocycles.